The number of Topliss-reactive ketones (excluding diaryl/α,β-unsaturated/α-hetero) is 1. The molecule has 28 heavy (non-hydrogen) atoms. The van der Waals surface area contributed by atoms with E-state index in [2.05, 4.69) is 6.58 Å². The van der Waals surface area contributed by atoms with Gasteiger partial charge in [-0.25, -0.2) is 4.39 Å². The van der Waals surface area contributed by atoms with Crippen molar-refractivity contribution in [1.82, 2.24) is 0 Å². The Hall–Kier alpha value is -1.26. The summed E-state index contributed by atoms with van der Waals surface area (Å²) in [4.78, 5) is 12.8. The zero-order valence-corrected chi connectivity index (χ0v) is 17.5. The Morgan fingerprint density at radius 1 is 1.36 bits per heavy atom. The molecule has 3 saturated carbocycles. The van der Waals surface area contributed by atoms with E-state index in [1.54, 1.807) is 6.92 Å². The van der Waals surface area contributed by atoms with E-state index in [1.807, 2.05) is 39.0 Å². The number of hydrogen-bond donors (Lipinski definition) is 2. The fourth-order valence-corrected chi connectivity index (χ4v) is 7.49. The lowest BCUT2D eigenvalue weighted by molar-refractivity contribution is -0.218. The van der Waals surface area contributed by atoms with Gasteiger partial charge in [-0.2, -0.15) is 0 Å². The van der Waals surface area contributed by atoms with Gasteiger partial charge in [0, 0.05) is 23.2 Å². The van der Waals surface area contributed by atoms with Crippen molar-refractivity contribution in [2.45, 2.75) is 77.2 Å². The number of aliphatic hydroxyl groups excluding tert-OH is 1. The Bertz CT molecular complexity index is 800. The summed E-state index contributed by atoms with van der Waals surface area (Å²) in [6, 6.07) is 0. The molecule has 3 nitrogen and oxygen atoms in total. The van der Waals surface area contributed by atoms with Crippen molar-refractivity contribution in [1.29, 1.82) is 0 Å². The van der Waals surface area contributed by atoms with Crippen LogP contribution in [0.3, 0.4) is 0 Å². The Morgan fingerprint density at radius 3 is 2.68 bits per heavy atom. The SMILES string of the molecule is C=C1C=C[C@@]2(C)C(=C1)CC[C@H]1[C@@H]3C[C@@H](C)[C@](O)(C(=O)CC)[C@@]3(C)C[C@H](O)[C@@]12F. The molecule has 0 aromatic carbocycles. The minimum Gasteiger partial charge on any atom is -0.390 e. The number of carbonyl (C=O) groups excluding carboxylic acids is 1. The second kappa shape index (κ2) is 5.89. The largest absolute Gasteiger partial charge is 0.390 e. The average molecular weight is 389 g/mol. The maximum Gasteiger partial charge on any atom is 0.164 e. The molecule has 0 aliphatic heterocycles. The molecule has 8 atom stereocenters. The lowest BCUT2D eigenvalue weighted by Crippen LogP contribution is -2.69. The number of rotatable bonds is 2. The molecule has 0 aromatic rings. The van der Waals surface area contributed by atoms with Gasteiger partial charge in [0.25, 0.3) is 0 Å². The van der Waals surface area contributed by atoms with Gasteiger partial charge in [0.15, 0.2) is 11.5 Å². The number of allylic oxidation sites excluding steroid dienone is 5. The van der Waals surface area contributed by atoms with E-state index in [0.29, 0.717) is 12.8 Å². The Labute approximate surface area is 167 Å². The monoisotopic (exact) mass is 388 g/mol. The Balaban J connectivity index is 1.84. The molecular weight excluding hydrogens is 355 g/mol. The standard InChI is InChI=1S/C24H33FO3/c1-6-19(26)24(28)15(3)12-18-17-8-7-16-11-14(2)9-10-21(16,4)23(17,25)20(27)13-22(18,24)5/h9-11,15,17-18,20,27-28H,2,6-8,12-13H2,1,3-5H3/t15-,17+,18+,20+,21+,22+,23+,24+/m1/s1. The normalized spacial score (nSPS) is 52.5. The number of carbonyl (C=O) groups is 1. The van der Waals surface area contributed by atoms with E-state index in [-0.39, 0.29) is 36.4 Å². The van der Waals surface area contributed by atoms with Crippen LogP contribution >= 0.6 is 0 Å². The summed E-state index contributed by atoms with van der Waals surface area (Å²) in [5, 5.41) is 22.8. The van der Waals surface area contributed by atoms with Crippen LogP contribution in [-0.4, -0.2) is 33.4 Å². The average Bonchev–Trinajstić information content (AvgIpc) is 2.84. The molecule has 4 aliphatic rings. The highest BCUT2D eigenvalue weighted by Crippen LogP contribution is 2.70. The van der Waals surface area contributed by atoms with Gasteiger partial charge in [-0.1, -0.05) is 51.2 Å². The molecular formula is C24H33FO3. The predicted molar refractivity (Wildman–Crippen MR) is 107 cm³/mol. The lowest BCUT2D eigenvalue weighted by Gasteiger charge is -2.62. The minimum atomic E-state index is -1.81. The van der Waals surface area contributed by atoms with Crippen LogP contribution in [0, 0.1) is 28.6 Å². The van der Waals surface area contributed by atoms with Crippen molar-refractivity contribution in [3.63, 3.8) is 0 Å². The molecule has 0 aromatic heterocycles. The van der Waals surface area contributed by atoms with Crippen LogP contribution in [0.15, 0.2) is 36.0 Å². The van der Waals surface area contributed by atoms with Crippen molar-refractivity contribution in [2.75, 3.05) is 0 Å². The summed E-state index contributed by atoms with van der Waals surface area (Å²) < 4.78 is 17.0. The third-order valence-electron chi connectivity index (χ3n) is 9.06. The van der Waals surface area contributed by atoms with Crippen LogP contribution < -0.4 is 0 Å². The van der Waals surface area contributed by atoms with E-state index in [0.717, 1.165) is 17.6 Å². The molecule has 0 saturated heterocycles. The minimum absolute atomic E-state index is 0.106. The van der Waals surface area contributed by atoms with Crippen molar-refractivity contribution >= 4 is 5.78 Å². The first-order valence-electron chi connectivity index (χ1n) is 10.7. The summed E-state index contributed by atoms with van der Waals surface area (Å²) in [7, 11) is 0. The van der Waals surface area contributed by atoms with Gasteiger partial charge in [-0.3, -0.25) is 4.79 Å². The summed E-state index contributed by atoms with van der Waals surface area (Å²) in [6.07, 6.45) is 6.81. The maximum absolute atomic E-state index is 17.0. The smallest absolute Gasteiger partial charge is 0.164 e. The first-order valence-corrected chi connectivity index (χ1v) is 10.7. The molecule has 154 valence electrons. The van der Waals surface area contributed by atoms with Crippen LogP contribution in [0.2, 0.25) is 0 Å². The molecule has 4 rings (SSSR count). The first kappa shape index (κ1) is 20.0. The molecule has 0 spiro atoms. The third-order valence-corrected chi connectivity index (χ3v) is 9.06. The highest BCUT2D eigenvalue weighted by molar-refractivity contribution is 5.88. The molecule has 0 unspecified atom stereocenters. The van der Waals surface area contributed by atoms with Gasteiger partial charge < -0.3 is 10.2 Å². The second-order valence-electron chi connectivity index (χ2n) is 10.1. The molecule has 3 fully saturated rings. The van der Waals surface area contributed by atoms with E-state index in [9.17, 15) is 15.0 Å². The van der Waals surface area contributed by atoms with Gasteiger partial charge >= 0.3 is 0 Å². The Morgan fingerprint density at radius 2 is 2.04 bits per heavy atom. The highest BCUT2D eigenvalue weighted by Gasteiger charge is 2.75. The molecule has 0 heterocycles. The number of alkyl halides is 1. The third kappa shape index (κ3) is 2.04. The quantitative estimate of drug-likeness (QED) is 0.741. The summed E-state index contributed by atoms with van der Waals surface area (Å²) in [5.74, 6) is -0.940. The zero-order chi connectivity index (χ0) is 20.7. The van der Waals surface area contributed by atoms with E-state index in [1.165, 1.54) is 0 Å². The summed E-state index contributed by atoms with van der Waals surface area (Å²) in [6.45, 7) is 11.5. The zero-order valence-electron chi connectivity index (χ0n) is 17.5. The van der Waals surface area contributed by atoms with Gasteiger partial charge in [0.2, 0.25) is 0 Å². The van der Waals surface area contributed by atoms with Crippen molar-refractivity contribution in [3.8, 4) is 0 Å². The van der Waals surface area contributed by atoms with Gasteiger partial charge in [0.1, 0.15) is 5.60 Å². The fraction of sp³-hybridized carbons (Fsp3) is 0.708. The van der Waals surface area contributed by atoms with E-state index >= 15 is 4.39 Å². The molecule has 4 heteroatoms. The summed E-state index contributed by atoms with van der Waals surface area (Å²) in [5.41, 5.74) is -3.13. The highest BCUT2D eigenvalue weighted by atomic mass is 19.1. The lowest BCUT2D eigenvalue weighted by atomic mass is 9.44. The van der Waals surface area contributed by atoms with Crippen LogP contribution in [0.25, 0.3) is 0 Å². The summed E-state index contributed by atoms with van der Waals surface area (Å²) >= 11 is 0. The van der Waals surface area contributed by atoms with E-state index < -0.39 is 28.2 Å². The predicted octanol–water partition coefficient (Wildman–Crippen LogP) is 4.30. The fourth-order valence-electron chi connectivity index (χ4n) is 7.49. The molecule has 0 radical (unpaired) electrons. The van der Waals surface area contributed by atoms with Gasteiger partial charge in [0.05, 0.1) is 6.10 Å². The van der Waals surface area contributed by atoms with E-state index in [4.69, 9.17) is 0 Å². The molecule has 4 aliphatic carbocycles. The van der Waals surface area contributed by atoms with Crippen LogP contribution in [0.4, 0.5) is 4.39 Å². The number of hydrogen-bond acceptors (Lipinski definition) is 3. The van der Waals surface area contributed by atoms with Crippen LogP contribution in [0.5, 0.6) is 0 Å². The van der Waals surface area contributed by atoms with Crippen molar-refractivity contribution in [3.05, 3.63) is 36.0 Å². The number of fused-ring (bicyclic) bond motifs is 5. The van der Waals surface area contributed by atoms with Crippen LogP contribution in [-0.2, 0) is 4.79 Å². The van der Waals surface area contributed by atoms with Gasteiger partial charge in [-0.05, 0) is 50.0 Å². The number of aliphatic hydroxyl groups is 2. The second-order valence-corrected chi connectivity index (χ2v) is 10.1. The topological polar surface area (TPSA) is 57.5 Å². The number of ketones is 1. The van der Waals surface area contributed by atoms with Crippen molar-refractivity contribution < 1.29 is 19.4 Å². The molecule has 0 bridgehead atoms. The number of halogens is 1. The molecule has 2 N–H and O–H groups in total. The maximum atomic E-state index is 17.0. The van der Waals surface area contributed by atoms with Crippen LogP contribution in [0.1, 0.15) is 59.8 Å². The van der Waals surface area contributed by atoms with Crippen molar-refractivity contribution in [2.24, 2.45) is 28.6 Å². The van der Waals surface area contributed by atoms with Gasteiger partial charge in [-0.15, -0.1) is 0 Å². The first-order chi connectivity index (χ1) is 13.0. The Kier molecular flexibility index (Phi) is 4.21. The molecule has 0 amide bonds.